The van der Waals surface area contributed by atoms with Crippen LogP contribution in [-0.2, 0) is 0 Å². The first-order chi connectivity index (χ1) is 9.67. The minimum absolute atomic E-state index is 0.0669. The van der Waals surface area contributed by atoms with Crippen LogP contribution < -0.4 is 9.47 Å². The number of benzene rings is 1. The van der Waals surface area contributed by atoms with Crippen LogP contribution in [0.1, 0.15) is 36.6 Å². The molecule has 0 bridgehead atoms. The highest BCUT2D eigenvalue weighted by Crippen LogP contribution is 2.63. The quantitative estimate of drug-likeness (QED) is 0.689. The Kier molecular flexibility index (Phi) is 4.19. The first-order valence-electron chi connectivity index (χ1n) is 7.23. The Bertz CT molecular complexity index is 493. The Hall–Kier alpha value is -0.410. The average molecular weight is 360 g/mol. The van der Waals surface area contributed by atoms with Crippen LogP contribution in [0.25, 0.3) is 0 Å². The normalized spacial score (nSPS) is 29.5. The molecule has 0 saturated heterocycles. The monoisotopic (exact) mass is 358 g/mol. The summed E-state index contributed by atoms with van der Waals surface area (Å²) in [6.45, 7) is 0. The van der Waals surface area contributed by atoms with E-state index in [1.807, 2.05) is 12.1 Å². The van der Waals surface area contributed by atoms with Crippen molar-refractivity contribution in [2.75, 3.05) is 14.2 Å². The lowest BCUT2D eigenvalue weighted by Gasteiger charge is -2.16. The van der Waals surface area contributed by atoms with Crippen molar-refractivity contribution in [3.8, 4) is 11.5 Å². The predicted molar refractivity (Wildman–Crippen MR) is 84.8 cm³/mol. The molecule has 4 heteroatoms. The molecule has 2 aliphatic carbocycles. The van der Waals surface area contributed by atoms with Crippen LogP contribution in [0.3, 0.4) is 0 Å². The summed E-state index contributed by atoms with van der Waals surface area (Å²) in [5, 5.41) is 0.0669. The van der Waals surface area contributed by atoms with Crippen molar-refractivity contribution in [3.05, 3.63) is 22.2 Å². The van der Waals surface area contributed by atoms with Crippen molar-refractivity contribution in [1.29, 1.82) is 0 Å². The second-order valence-electron chi connectivity index (χ2n) is 5.82. The van der Waals surface area contributed by atoms with E-state index in [4.69, 9.17) is 21.1 Å². The molecule has 3 atom stereocenters. The number of ether oxygens (including phenoxy) is 2. The topological polar surface area (TPSA) is 18.5 Å². The van der Waals surface area contributed by atoms with Crippen molar-refractivity contribution >= 4 is 27.5 Å². The van der Waals surface area contributed by atoms with Gasteiger partial charge in [-0.05, 0) is 48.3 Å². The molecule has 3 rings (SSSR count). The maximum atomic E-state index is 6.78. The number of rotatable bonds is 4. The molecular formula is C16H20BrClO2. The average Bonchev–Trinajstić information content (AvgIpc) is 3.20. The van der Waals surface area contributed by atoms with E-state index in [2.05, 4.69) is 15.9 Å². The molecular weight excluding hydrogens is 340 g/mol. The largest absolute Gasteiger partial charge is 0.493 e. The van der Waals surface area contributed by atoms with Gasteiger partial charge in [0, 0.05) is 4.47 Å². The van der Waals surface area contributed by atoms with Crippen LogP contribution in [0, 0.1) is 17.8 Å². The lowest BCUT2D eigenvalue weighted by Crippen LogP contribution is -2.00. The van der Waals surface area contributed by atoms with Crippen LogP contribution in [0.4, 0.5) is 0 Å². The first kappa shape index (κ1) is 14.5. The van der Waals surface area contributed by atoms with Gasteiger partial charge in [-0.2, -0.15) is 0 Å². The third-order valence-corrected chi connectivity index (χ3v) is 6.07. The van der Waals surface area contributed by atoms with Crippen molar-refractivity contribution in [1.82, 2.24) is 0 Å². The van der Waals surface area contributed by atoms with Gasteiger partial charge in [-0.1, -0.05) is 28.8 Å². The molecule has 0 aliphatic heterocycles. The molecule has 0 aromatic heterocycles. The number of fused-ring (bicyclic) bond motifs is 1. The molecule has 1 aromatic rings. The number of alkyl halides is 1. The lowest BCUT2D eigenvalue weighted by molar-refractivity contribution is 0.354. The van der Waals surface area contributed by atoms with Gasteiger partial charge in [0.25, 0.3) is 0 Å². The maximum Gasteiger partial charge on any atom is 0.161 e. The van der Waals surface area contributed by atoms with Crippen molar-refractivity contribution < 1.29 is 9.47 Å². The second kappa shape index (κ2) is 5.76. The molecule has 2 aliphatic rings. The highest BCUT2D eigenvalue weighted by Gasteiger charge is 2.54. The zero-order valence-corrected chi connectivity index (χ0v) is 14.2. The van der Waals surface area contributed by atoms with Gasteiger partial charge in [-0.3, -0.25) is 0 Å². The van der Waals surface area contributed by atoms with Gasteiger partial charge in [0.05, 0.1) is 19.6 Å². The van der Waals surface area contributed by atoms with Crippen molar-refractivity contribution in [2.45, 2.75) is 31.1 Å². The molecule has 0 N–H and O–H groups in total. The van der Waals surface area contributed by atoms with E-state index in [0.717, 1.165) is 33.4 Å². The molecule has 20 heavy (non-hydrogen) atoms. The summed E-state index contributed by atoms with van der Waals surface area (Å²) < 4.78 is 11.7. The minimum atomic E-state index is 0.0669. The Morgan fingerprint density at radius 2 is 1.65 bits per heavy atom. The lowest BCUT2D eigenvalue weighted by atomic mass is 10.0. The van der Waals surface area contributed by atoms with Gasteiger partial charge in [0.1, 0.15) is 0 Å². The van der Waals surface area contributed by atoms with E-state index in [1.165, 1.54) is 25.7 Å². The summed E-state index contributed by atoms with van der Waals surface area (Å²) in [4.78, 5) is 0. The van der Waals surface area contributed by atoms with E-state index in [0.29, 0.717) is 5.92 Å². The van der Waals surface area contributed by atoms with Gasteiger partial charge >= 0.3 is 0 Å². The number of methoxy groups -OCH3 is 2. The minimum Gasteiger partial charge on any atom is -0.493 e. The van der Waals surface area contributed by atoms with Crippen molar-refractivity contribution in [2.24, 2.45) is 17.8 Å². The van der Waals surface area contributed by atoms with Crippen molar-refractivity contribution in [3.63, 3.8) is 0 Å². The van der Waals surface area contributed by atoms with Gasteiger partial charge < -0.3 is 9.47 Å². The molecule has 110 valence electrons. The Balaban J connectivity index is 1.86. The Labute approximate surface area is 133 Å². The van der Waals surface area contributed by atoms with Crippen LogP contribution in [0.2, 0.25) is 0 Å². The summed E-state index contributed by atoms with van der Waals surface area (Å²) >= 11 is 10.4. The first-order valence-corrected chi connectivity index (χ1v) is 8.45. The Morgan fingerprint density at radius 1 is 1.10 bits per heavy atom. The summed E-state index contributed by atoms with van der Waals surface area (Å²) in [6, 6.07) is 3.97. The molecule has 0 radical (unpaired) electrons. The SMILES string of the molecule is COc1cc(Br)c(C(Cl)C2C3CCCCC32)cc1OC. The van der Waals surface area contributed by atoms with Crippen LogP contribution >= 0.6 is 27.5 Å². The molecule has 0 heterocycles. The fraction of sp³-hybridized carbons (Fsp3) is 0.625. The van der Waals surface area contributed by atoms with E-state index in [1.54, 1.807) is 14.2 Å². The van der Waals surface area contributed by atoms with E-state index in [9.17, 15) is 0 Å². The van der Waals surface area contributed by atoms with Crippen LogP contribution in [0.5, 0.6) is 11.5 Å². The molecule has 2 fully saturated rings. The third-order valence-electron chi connectivity index (χ3n) is 4.86. The second-order valence-corrected chi connectivity index (χ2v) is 7.14. The third kappa shape index (κ3) is 2.43. The van der Waals surface area contributed by atoms with E-state index >= 15 is 0 Å². The van der Waals surface area contributed by atoms with Gasteiger partial charge in [0.2, 0.25) is 0 Å². The van der Waals surface area contributed by atoms with E-state index in [-0.39, 0.29) is 5.38 Å². The van der Waals surface area contributed by atoms with Crippen LogP contribution in [0.15, 0.2) is 16.6 Å². The number of hydrogen-bond donors (Lipinski definition) is 0. The standard InChI is InChI=1S/C16H20BrClO2/c1-19-13-7-11(12(17)8-14(13)20-2)16(18)15-9-5-3-4-6-10(9)15/h7-10,15-16H,3-6H2,1-2H3. The van der Waals surface area contributed by atoms with Gasteiger partial charge in [-0.25, -0.2) is 0 Å². The molecule has 0 spiro atoms. The summed E-state index contributed by atoms with van der Waals surface area (Å²) in [7, 11) is 3.31. The number of hydrogen-bond acceptors (Lipinski definition) is 2. The summed E-state index contributed by atoms with van der Waals surface area (Å²) in [6.07, 6.45) is 5.44. The fourth-order valence-corrected chi connectivity index (χ4v) is 5.03. The number of halogens is 2. The predicted octanol–water partition coefficient (Wildman–Crippen LogP) is 5.18. The highest BCUT2D eigenvalue weighted by atomic mass is 79.9. The van der Waals surface area contributed by atoms with Gasteiger partial charge in [-0.15, -0.1) is 11.6 Å². The summed E-state index contributed by atoms with van der Waals surface area (Å²) in [5.41, 5.74) is 1.13. The molecule has 2 nitrogen and oxygen atoms in total. The van der Waals surface area contributed by atoms with Crippen LogP contribution in [-0.4, -0.2) is 14.2 Å². The van der Waals surface area contributed by atoms with E-state index < -0.39 is 0 Å². The molecule has 2 saturated carbocycles. The Morgan fingerprint density at radius 3 is 2.20 bits per heavy atom. The summed E-state index contributed by atoms with van der Waals surface area (Å²) in [5.74, 6) is 3.80. The fourth-order valence-electron chi connectivity index (χ4n) is 3.77. The molecule has 0 amide bonds. The smallest absolute Gasteiger partial charge is 0.161 e. The zero-order valence-electron chi connectivity index (χ0n) is 11.9. The van der Waals surface area contributed by atoms with Gasteiger partial charge in [0.15, 0.2) is 11.5 Å². The highest BCUT2D eigenvalue weighted by molar-refractivity contribution is 9.10. The molecule has 3 unspecified atom stereocenters. The zero-order chi connectivity index (χ0) is 14.3. The molecule has 1 aromatic carbocycles. The maximum absolute atomic E-state index is 6.78.